The van der Waals surface area contributed by atoms with Crippen molar-refractivity contribution in [3.63, 3.8) is 0 Å². The fraction of sp³-hybridized carbons (Fsp3) is 0.0625. The summed E-state index contributed by atoms with van der Waals surface area (Å²) in [4.78, 5) is 0. The minimum absolute atomic E-state index is 0.326. The molecule has 9 heteroatoms. The fourth-order valence-electron chi connectivity index (χ4n) is 3.28. The number of hydrogen-bond donors (Lipinski definition) is 0. The molecule has 0 saturated heterocycles. The minimum atomic E-state index is -4.02. The highest BCUT2D eigenvalue weighted by molar-refractivity contribution is 9.18. The Kier molecular flexibility index (Phi) is 4.08. The first-order valence-corrected chi connectivity index (χ1v) is 9.71. The van der Waals surface area contributed by atoms with Crippen LogP contribution in [-0.4, -0.2) is 27.7 Å². The van der Waals surface area contributed by atoms with Crippen LogP contribution in [0.3, 0.4) is 0 Å². The molecule has 3 heterocycles. The molecule has 0 spiro atoms. The first-order chi connectivity index (χ1) is 11.9. The normalized spacial score (nSPS) is 17.8. The van der Waals surface area contributed by atoms with E-state index >= 15 is 8.63 Å². The Bertz CT molecular complexity index is 1010. The zero-order valence-corrected chi connectivity index (χ0v) is 17.6. The summed E-state index contributed by atoms with van der Waals surface area (Å²) in [5.41, 5.74) is 2.32. The van der Waals surface area contributed by atoms with Crippen molar-refractivity contribution in [3.8, 4) is 5.75 Å². The van der Waals surface area contributed by atoms with Crippen molar-refractivity contribution in [1.29, 1.82) is 0 Å². The SMILES string of the molecule is COc1cc(Br)ccc1C1=C2C=CC(Br)=[N+]2[B-](F)(F)n2c(Br)ccc21. The molecular weight excluding hydrogens is 525 g/mol. The average molecular weight is 535 g/mol. The van der Waals surface area contributed by atoms with E-state index in [0.717, 1.165) is 19.0 Å². The lowest BCUT2D eigenvalue weighted by Gasteiger charge is -2.32. The molecule has 0 unspecified atom stereocenters. The maximum atomic E-state index is 15.2. The van der Waals surface area contributed by atoms with E-state index < -0.39 is 6.97 Å². The highest BCUT2D eigenvalue weighted by Crippen LogP contribution is 2.44. The van der Waals surface area contributed by atoms with Crippen LogP contribution in [0.2, 0.25) is 0 Å². The summed E-state index contributed by atoms with van der Waals surface area (Å²) in [5.74, 6) is 0.606. The molecule has 0 N–H and O–H groups in total. The van der Waals surface area contributed by atoms with Gasteiger partial charge in [-0.05, 0) is 46.3 Å². The van der Waals surface area contributed by atoms with Crippen molar-refractivity contribution in [3.05, 3.63) is 68.5 Å². The Labute approximate surface area is 168 Å². The Morgan fingerprint density at radius 1 is 1.08 bits per heavy atom. The number of allylic oxidation sites excluding steroid dienone is 2. The molecule has 0 aliphatic carbocycles. The lowest BCUT2D eigenvalue weighted by molar-refractivity contribution is -0.358. The number of hydrogen-bond acceptors (Lipinski definition) is 1. The van der Waals surface area contributed by atoms with Crippen LogP contribution in [0.15, 0.2) is 57.3 Å². The molecule has 0 saturated carbocycles. The third-order valence-corrected chi connectivity index (χ3v) is 6.09. The molecule has 1 aromatic heterocycles. The van der Waals surface area contributed by atoms with Gasteiger partial charge in [0.1, 0.15) is 5.75 Å². The van der Waals surface area contributed by atoms with Crippen LogP contribution in [0.25, 0.3) is 5.57 Å². The predicted octanol–water partition coefficient (Wildman–Crippen LogP) is 5.39. The van der Waals surface area contributed by atoms with E-state index in [2.05, 4.69) is 47.8 Å². The van der Waals surface area contributed by atoms with Crippen LogP contribution in [0.1, 0.15) is 11.3 Å². The van der Waals surface area contributed by atoms with Crippen LogP contribution in [0, 0.1) is 0 Å². The molecule has 25 heavy (non-hydrogen) atoms. The summed E-state index contributed by atoms with van der Waals surface area (Å²) in [5, 5.41) is 0. The molecule has 3 nitrogen and oxygen atoms in total. The van der Waals surface area contributed by atoms with Crippen LogP contribution in [0.4, 0.5) is 8.63 Å². The predicted molar refractivity (Wildman–Crippen MR) is 106 cm³/mol. The van der Waals surface area contributed by atoms with Gasteiger partial charge in [-0.2, -0.15) is 0 Å². The monoisotopic (exact) mass is 532 g/mol. The number of nitrogens with zero attached hydrogens (tertiary/aromatic N) is 2. The maximum absolute atomic E-state index is 15.2. The Balaban J connectivity index is 2.12. The molecule has 2 aliphatic rings. The number of ether oxygens (including phenoxy) is 1. The summed E-state index contributed by atoms with van der Waals surface area (Å²) in [6, 6.07) is 8.89. The molecule has 0 atom stereocenters. The van der Waals surface area contributed by atoms with Gasteiger partial charge in [0.25, 0.3) is 0 Å². The summed E-state index contributed by atoms with van der Waals surface area (Å²) < 4.78 is 39.5. The largest absolute Gasteiger partial charge is 0.738 e. The van der Waals surface area contributed by atoms with Gasteiger partial charge in [0, 0.05) is 43.8 Å². The zero-order chi connectivity index (χ0) is 17.9. The molecule has 0 amide bonds. The molecular formula is C16H10BBr3F2N2O. The van der Waals surface area contributed by atoms with Crippen molar-refractivity contribution in [2.24, 2.45) is 0 Å². The second-order valence-corrected chi connectivity index (χ2v) is 8.17. The van der Waals surface area contributed by atoms with E-state index in [9.17, 15) is 0 Å². The third-order valence-electron chi connectivity index (χ3n) is 4.30. The molecule has 0 radical (unpaired) electrons. The third kappa shape index (κ3) is 2.43. The molecule has 2 aromatic rings. The van der Waals surface area contributed by atoms with Gasteiger partial charge >= 0.3 is 6.97 Å². The summed E-state index contributed by atoms with van der Waals surface area (Å²) >= 11 is 9.93. The standard InChI is InChI=1S/C16H10BBr3F2N2O/c1-25-13-8-9(18)2-3-10(13)16-11-4-6-14(19)23(11)17(21,22)24-12(16)5-7-15(24)20/h2-8H,1H3. The average Bonchev–Trinajstić information content (AvgIpc) is 3.13. The minimum Gasteiger partial charge on any atom is -0.496 e. The zero-order valence-electron chi connectivity index (χ0n) is 12.8. The topological polar surface area (TPSA) is 17.2 Å². The van der Waals surface area contributed by atoms with Gasteiger partial charge in [-0.1, -0.05) is 15.9 Å². The van der Waals surface area contributed by atoms with Gasteiger partial charge in [0.05, 0.1) is 17.3 Å². The number of methoxy groups -OCH3 is 1. The van der Waals surface area contributed by atoms with E-state index in [1.165, 1.54) is 0 Å². The first kappa shape index (κ1) is 17.2. The van der Waals surface area contributed by atoms with Crippen molar-refractivity contribution < 1.29 is 17.9 Å². The van der Waals surface area contributed by atoms with Gasteiger partial charge in [-0.3, -0.25) is 0 Å². The van der Waals surface area contributed by atoms with Crippen LogP contribution in [-0.2, 0) is 0 Å². The second kappa shape index (κ2) is 5.92. The second-order valence-electron chi connectivity index (χ2n) is 5.63. The fourth-order valence-corrected chi connectivity index (χ4v) is 4.76. The van der Waals surface area contributed by atoms with Crippen LogP contribution < -0.4 is 4.74 Å². The Hall–Kier alpha value is -1.19. The molecule has 0 bridgehead atoms. The van der Waals surface area contributed by atoms with Gasteiger partial charge in [-0.25, -0.2) is 0 Å². The smallest absolute Gasteiger partial charge is 0.496 e. The van der Waals surface area contributed by atoms with E-state index in [-0.39, 0.29) is 0 Å². The van der Waals surface area contributed by atoms with Crippen molar-refractivity contribution in [1.82, 2.24) is 4.48 Å². The first-order valence-electron chi connectivity index (χ1n) is 7.34. The number of aromatic nitrogens is 1. The number of rotatable bonds is 2. The number of fused-ring (bicyclic) bond motifs is 2. The summed E-state index contributed by atoms with van der Waals surface area (Å²) in [6.07, 6.45) is 3.33. The van der Waals surface area contributed by atoms with Gasteiger partial charge in [0.2, 0.25) is 4.62 Å². The highest BCUT2D eigenvalue weighted by Gasteiger charge is 2.54. The lowest BCUT2D eigenvalue weighted by Crippen LogP contribution is -2.50. The van der Waals surface area contributed by atoms with Crippen molar-refractivity contribution in [2.75, 3.05) is 7.11 Å². The quantitative estimate of drug-likeness (QED) is 0.472. The Morgan fingerprint density at radius 3 is 2.56 bits per heavy atom. The van der Waals surface area contributed by atoms with E-state index in [4.69, 9.17) is 4.74 Å². The molecule has 128 valence electrons. The van der Waals surface area contributed by atoms with E-state index in [1.807, 2.05) is 18.2 Å². The van der Waals surface area contributed by atoms with Gasteiger partial charge in [-0.15, -0.1) is 0 Å². The van der Waals surface area contributed by atoms with Gasteiger partial charge < -0.3 is 22.3 Å². The van der Waals surface area contributed by atoms with Crippen molar-refractivity contribution in [2.45, 2.75) is 0 Å². The molecule has 1 aromatic carbocycles. The Morgan fingerprint density at radius 2 is 1.84 bits per heavy atom. The summed E-state index contributed by atoms with van der Waals surface area (Å²) in [7, 11) is 1.57. The van der Waals surface area contributed by atoms with Crippen molar-refractivity contribution >= 4 is 65.0 Å². The maximum Gasteiger partial charge on any atom is 0.738 e. The number of halogens is 5. The van der Waals surface area contributed by atoms with Gasteiger partial charge in [0.15, 0.2) is 5.70 Å². The van der Waals surface area contributed by atoms with Crippen LogP contribution in [0.5, 0.6) is 5.75 Å². The molecule has 4 rings (SSSR count). The lowest BCUT2D eigenvalue weighted by atomic mass is 9.86. The summed E-state index contributed by atoms with van der Waals surface area (Å²) in [6.45, 7) is -4.02. The van der Waals surface area contributed by atoms with E-state index in [1.54, 1.807) is 31.4 Å². The molecule has 2 aliphatic heterocycles. The molecule has 0 fully saturated rings. The number of benzene rings is 1. The van der Waals surface area contributed by atoms with E-state index in [0.29, 0.717) is 31.9 Å². The highest BCUT2D eigenvalue weighted by atomic mass is 79.9. The van der Waals surface area contributed by atoms with Crippen LogP contribution >= 0.6 is 47.8 Å².